The van der Waals surface area contributed by atoms with Crippen LogP contribution in [-0.4, -0.2) is 21.0 Å². The second kappa shape index (κ2) is 4.80. The van der Waals surface area contributed by atoms with Crippen LogP contribution in [0.5, 0.6) is 5.88 Å². The highest BCUT2D eigenvalue weighted by molar-refractivity contribution is 6.29. The number of carbonyl (C=O) groups is 1. The van der Waals surface area contributed by atoms with E-state index in [1.807, 2.05) is 0 Å². The number of aromatic nitrogens is 2. The van der Waals surface area contributed by atoms with Gasteiger partial charge in [0, 0.05) is 12.3 Å². The molecule has 0 saturated carbocycles. The molecule has 2 heterocycles. The first-order valence-corrected chi connectivity index (χ1v) is 5.11. The molecule has 0 spiro atoms. The van der Waals surface area contributed by atoms with Crippen molar-refractivity contribution in [3.63, 3.8) is 0 Å². The lowest BCUT2D eigenvalue weighted by Crippen LogP contribution is -2.12. The molecule has 2 rings (SSSR count). The first-order chi connectivity index (χ1) is 8.15. The zero-order chi connectivity index (χ0) is 12.3. The summed E-state index contributed by atoms with van der Waals surface area (Å²) in [6.45, 7) is 0. The van der Waals surface area contributed by atoms with E-state index in [0.717, 1.165) is 0 Å². The van der Waals surface area contributed by atoms with Gasteiger partial charge in [0.1, 0.15) is 5.15 Å². The van der Waals surface area contributed by atoms with Crippen LogP contribution in [0.2, 0.25) is 5.15 Å². The number of aromatic hydroxyl groups is 1. The van der Waals surface area contributed by atoms with Gasteiger partial charge in [0.05, 0.1) is 17.4 Å². The lowest BCUT2D eigenvalue weighted by atomic mass is 10.2. The number of pyridine rings is 2. The minimum atomic E-state index is -0.318. The number of nitrogens with one attached hydrogen (secondary N) is 1. The van der Waals surface area contributed by atoms with Gasteiger partial charge in [-0.2, -0.15) is 0 Å². The number of rotatable bonds is 2. The molecule has 17 heavy (non-hydrogen) atoms. The molecule has 5 nitrogen and oxygen atoms in total. The van der Waals surface area contributed by atoms with Gasteiger partial charge in [0.2, 0.25) is 5.88 Å². The summed E-state index contributed by atoms with van der Waals surface area (Å²) in [5.74, 6) is -0.419. The van der Waals surface area contributed by atoms with Gasteiger partial charge in [-0.15, -0.1) is 0 Å². The second-order valence-corrected chi connectivity index (χ2v) is 3.62. The maximum Gasteiger partial charge on any atom is 0.257 e. The van der Waals surface area contributed by atoms with Crippen LogP contribution in [0.15, 0.2) is 36.7 Å². The molecule has 1 amide bonds. The standard InChI is InChI=1S/C11H8ClN3O2/c12-9-3-1-7(5-13-9)11(17)15-8-2-4-10(16)14-6-8/h1-6H,(H,14,16)(H,15,17). The van der Waals surface area contributed by atoms with E-state index in [-0.39, 0.29) is 11.8 Å². The molecule has 86 valence electrons. The van der Waals surface area contributed by atoms with Crippen molar-refractivity contribution in [1.82, 2.24) is 9.97 Å². The molecule has 0 atom stereocenters. The number of hydrogen-bond donors (Lipinski definition) is 2. The molecule has 0 aliphatic rings. The third-order valence-corrected chi connectivity index (χ3v) is 2.22. The molecule has 0 aliphatic carbocycles. The third kappa shape index (κ3) is 2.92. The molecular weight excluding hydrogens is 242 g/mol. The van der Waals surface area contributed by atoms with Crippen molar-refractivity contribution in [2.75, 3.05) is 5.32 Å². The average molecular weight is 250 g/mol. The monoisotopic (exact) mass is 249 g/mol. The molecule has 2 N–H and O–H groups in total. The highest BCUT2D eigenvalue weighted by Crippen LogP contribution is 2.12. The maximum atomic E-state index is 11.7. The first kappa shape index (κ1) is 11.3. The summed E-state index contributed by atoms with van der Waals surface area (Å²) in [5, 5.41) is 11.9. The predicted octanol–water partition coefficient (Wildman–Crippen LogP) is 2.09. The molecule has 6 heteroatoms. The minimum Gasteiger partial charge on any atom is -0.493 e. The van der Waals surface area contributed by atoms with Crippen molar-refractivity contribution in [3.8, 4) is 5.88 Å². The van der Waals surface area contributed by atoms with Gasteiger partial charge in [0.15, 0.2) is 0 Å². The third-order valence-electron chi connectivity index (χ3n) is 2.00. The molecule has 0 fully saturated rings. The van der Waals surface area contributed by atoms with Crippen molar-refractivity contribution in [2.45, 2.75) is 0 Å². The van der Waals surface area contributed by atoms with Crippen LogP contribution in [0.1, 0.15) is 10.4 Å². The van der Waals surface area contributed by atoms with Gasteiger partial charge in [-0.25, -0.2) is 9.97 Å². The zero-order valence-electron chi connectivity index (χ0n) is 8.59. The van der Waals surface area contributed by atoms with Gasteiger partial charge in [0.25, 0.3) is 5.91 Å². The Morgan fingerprint density at radius 3 is 2.59 bits per heavy atom. The molecule has 0 aliphatic heterocycles. The van der Waals surface area contributed by atoms with E-state index in [9.17, 15) is 4.79 Å². The smallest absolute Gasteiger partial charge is 0.257 e. The Labute approximate surface area is 102 Å². The Morgan fingerprint density at radius 1 is 1.18 bits per heavy atom. The van der Waals surface area contributed by atoms with Crippen LogP contribution in [-0.2, 0) is 0 Å². The SMILES string of the molecule is O=C(Nc1ccc(O)nc1)c1ccc(Cl)nc1. The van der Waals surface area contributed by atoms with Gasteiger partial charge in [-0.05, 0) is 18.2 Å². The second-order valence-electron chi connectivity index (χ2n) is 3.23. The Morgan fingerprint density at radius 2 is 2.00 bits per heavy atom. The van der Waals surface area contributed by atoms with Gasteiger partial charge >= 0.3 is 0 Å². The van der Waals surface area contributed by atoms with Crippen LogP contribution in [0.3, 0.4) is 0 Å². The van der Waals surface area contributed by atoms with E-state index in [0.29, 0.717) is 16.4 Å². The highest BCUT2D eigenvalue weighted by atomic mass is 35.5. The molecule has 0 radical (unpaired) electrons. The van der Waals surface area contributed by atoms with Crippen LogP contribution in [0.4, 0.5) is 5.69 Å². The lowest BCUT2D eigenvalue weighted by molar-refractivity contribution is 0.102. The van der Waals surface area contributed by atoms with Crippen molar-refractivity contribution < 1.29 is 9.90 Å². The Bertz CT molecular complexity index is 525. The minimum absolute atomic E-state index is 0.101. The van der Waals surface area contributed by atoms with Crippen molar-refractivity contribution >= 4 is 23.2 Å². The molecule has 2 aromatic heterocycles. The average Bonchev–Trinajstić information content (AvgIpc) is 2.33. The molecular formula is C11H8ClN3O2. The van der Waals surface area contributed by atoms with Crippen LogP contribution >= 0.6 is 11.6 Å². The van der Waals surface area contributed by atoms with E-state index in [4.69, 9.17) is 16.7 Å². The highest BCUT2D eigenvalue weighted by Gasteiger charge is 2.06. The Hall–Kier alpha value is -2.14. The largest absolute Gasteiger partial charge is 0.493 e. The zero-order valence-corrected chi connectivity index (χ0v) is 9.35. The van der Waals surface area contributed by atoms with Crippen molar-refractivity contribution in [2.24, 2.45) is 0 Å². The summed E-state index contributed by atoms with van der Waals surface area (Å²) >= 11 is 5.61. The van der Waals surface area contributed by atoms with E-state index in [2.05, 4.69) is 15.3 Å². The van der Waals surface area contributed by atoms with E-state index in [1.54, 1.807) is 12.1 Å². The number of halogens is 1. The van der Waals surface area contributed by atoms with Gasteiger partial charge < -0.3 is 10.4 Å². The lowest BCUT2D eigenvalue weighted by Gasteiger charge is -2.04. The van der Waals surface area contributed by atoms with Crippen LogP contribution < -0.4 is 5.32 Å². The molecule has 2 aromatic rings. The summed E-state index contributed by atoms with van der Waals surface area (Å²) in [5.41, 5.74) is 0.880. The fourth-order valence-electron chi connectivity index (χ4n) is 1.17. The number of carbonyl (C=O) groups excluding carboxylic acids is 1. The van der Waals surface area contributed by atoms with E-state index >= 15 is 0 Å². The predicted molar refractivity (Wildman–Crippen MR) is 63.1 cm³/mol. The number of anilines is 1. The van der Waals surface area contributed by atoms with Crippen LogP contribution in [0, 0.1) is 0 Å². The molecule has 0 unspecified atom stereocenters. The fourth-order valence-corrected chi connectivity index (χ4v) is 1.29. The number of amides is 1. The fraction of sp³-hybridized carbons (Fsp3) is 0. The Kier molecular flexibility index (Phi) is 3.20. The van der Waals surface area contributed by atoms with E-state index < -0.39 is 0 Å². The van der Waals surface area contributed by atoms with Crippen molar-refractivity contribution in [1.29, 1.82) is 0 Å². The van der Waals surface area contributed by atoms with Crippen molar-refractivity contribution in [3.05, 3.63) is 47.4 Å². The first-order valence-electron chi connectivity index (χ1n) is 4.73. The molecule has 0 bridgehead atoms. The quantitative estimate of drug-likeness (QED) is 0.799. The van der Waals surface area contributed by atoms with Crippen LogP contribution in [0.25, 0.3) is 0 Å². The van der Waals surface area contributed by atoms with E-state index in [1.165, 1.54) is 24.5 Å². The topological polar surface area (TPSA) is 75.1 Å². The number of nitrogens with zero attached hydrogens (tertiary/aromatic N) is 2. The van der Waals surface area contributed by atoms with Gasteiger partial charge in [-0.1, -0.05) is 11.6 Å². The maximum absolute atomic E-state index is 11.7. The molecule has 0 saturated heterocycles. The normalized spacial score (nSPS) is 9.94. The summed E-state index contributed by atoms with van der Waals surface area (Å²) in [6.07, 6.45) is 2.74. The summed E-state index contributed by atoms with van der Waals surface area (Å²) in [6, 6.07) is 6.03. The summed E-state index contributed by atoms with van der Waals surface area (Å²) in [7, 11) is 0. The van der Waals surface area contributed by atoms with Gasteiger partial charge in [-0.3, -0.25) is 4.79 Å². The summed E-state index contributed by atoms with van der Waals surface area (Å²) in [4.78, 5) is 19.2. The summed E-state index contributed by atoms with van der Waals surface area (Å²) < 4.78 is 0. The number of hydrogen-bond acceptors (Lipinski definition) is 4. The molecule has 0 aromatic carbocycles. The Balaban J connectivity index is 2.11.